The van der Waals surface area contributed by atoms with Gasteiger partial charge in [-0.2, -0.15) is 5.10 Å². The van der Waals surface area contributed by atoms with Gasteiger partial charge in [-0.25, -0.2) is 0 Å². The van der Waals surface area contributed by atoms with Gasteiger partial charge in [0.25, 0.3) is 0 Å². The minimum Gasteiger partial charge on any atom is -0.493 e. The molecule has 1 heterocycles. The molecule has 1 aliphatic rings. The monoisotopic (exact) mass is 252 g/mol. The number of carbonyl (C=O) groups excluding carboxylic acids is 1. The summed E-state index contributed by atoms with van der Waals surface area (Å²) in [5, 5.41) is 14.5. The summed E-state index contributed by atoms with van der Waals surface area (Å²) in [5.41, 5.74) is -0.900. The Morgan fingerprint density at radius 3 is 2.72 bits per heavy atom. The Balaban J connectivity index is 2.28. The molecule has 0 atom stereocenters. The van der Waals surface area contributed by atoms with Crippen LogP contribution in [0.4, 0.5) is 0 Å². The number of hydrogen-bond acceptors (Lipinski definition) is 4. The number of rotatable bonds is 3. The maximum absolute atomic E-state index is 12.5. The summed E-state index contributed by atoms with van der Waals surface area (Å²) in [6, 6.07) is 0. The summed E-state index contributed by atoms with van der Waals surface area (Å²) in [7, 11) is 3.19. The minimum absolute atomic E-state index is 0.272. The number of aryl methyl sites for hydroxylation is 1. The quantitative estimate of drug-likeness (QED) is 0.829. The van der Waals surface area contributed by atoms with Gasteiger partial charge < -0.3 is 9.84 Å². The first kappa shape index (κ1) is 13.1. The third kappa shape index (κ3) is 2.14. The molecule has 1 N–H and O–H groups in total. The highest BCUT2D eigenvalue weighted by Crippen LogP contribution is 2.35. The van der Waals surface area contributed by atoms with Crippen molar-refractivity contribution in [2.45, 2.75) is 38.2 Å². The van der Waals surface area contributed by atoms with Crippen LogP contribution in [-0.2, 0) is 7.05 Å². The van der Waals surface area contributed by atoms with Gasteiger partial charge in [-0.1, -0.05) is 6.92 Å². The van der Waals surface area contributed by atoms with E-state index in [0.717, 1.165) is 12.8 Å². The maximum Gasteiger partial charge on any atom is 0.216 e. The fourth-order valence-corrected chi connectivity index (χ4v) is 2.51. The highest BCUT2D eigenvalue weighted by atomic mass is 16.5. The fraction of sp³-hybridized carbons (Fsp3) is 0.692. The number of Topliss-reactive ketones (excluding diaryl/α,β-unsaturated/α-hetero) is 1. The van der Waals surface area contributed by atoms with Gasteiger partial charge >= 0.3 is 0 Å². The number of nitrogens with zero attached hydrogens (tertiary/aromatic N) is 2. The molecule has 5 nitrogen and oxygen atoms in total. The van der Waals surface area contributed by atoms with Crippen LogP contribution in [-0.4, -0.2) is 33.4 Å². The molecular weight excluding hydrogens is 232 g/mol. The molecule has 18 heavy (non-hydrogen) atoms. The Morgan fingerprint density at radius 2 is 2.17 bits per heavy atom. The van der Waals surface area contributed by atoms with Crippen LogP contribution in [0, 0.1) is 5.92 Å². The second kappa shape index (κ2) is 4.72. The van der Waals surface area contributed by atoms with Crippen LogP contribution in [0.25, 0.3) is 0 Å². The van der Waals surface area contributed by atoms with E-state index in [9.17, 15) is 9.90 Å². The lowest BCUT2D eigenvalue weighted by Gasteiger charge is -2.33. The van der Waals surface area contributed by atoms with E-state index in [1.165, 1.54) is 18.0 Å². The van der Waals surface area contributed by atoms with Crippen molar-refractivity contribution in [2.24, 2.45) is 13.0 Å². The number of ketones is 1. The lowest BCUT2D eigenvalue weighted by atomic mass is 9.76. The Hall–Kier alpha value is -1.36. The second-order valence-corrected chi connectivity index (χ2v) is 5.23. The Bertz CT molecular complexity index is 445. The summed E-state index contributed by atoms with van der Waals surface area (Å²) in [6.07, 6.45) is 4.29. The zero-order valence-corrected chi connectivity index (χ0v) is 11.1. The minimum atomic E-state index is -1.26. The summed E-state index contributed by atoms with van der Waals surface area (Å²) in [5.74, 6) is 0.729. The van der Waals surface area contributed by atoms with Crippen molar-refractivity contribution < 1.29 is 14.6 Å². The molecule has 0 aliphatic heterocycles. The number of methoxy groups -OCH3 is 1. The van der Waals surface area contributed by atoms with Crippen LogP contribution >= 0.6 is 0 Å². The summed E-state index contributed by atoms with van der Waals surface area (Å²) >= 11 is 0. The van der Waals surface area contributed by atoms with Crippen LogP contribution in [0.15, 0.2) is 6.20 Å². The van der Waals surface area contributed by atoms with Gasteiger partial charge in [0.05, 0.1) is 13.3 Å². The van der Waals surface area contributed by atoms with Crippen molar-refractivity contribution >= 4 is 5.78 Å². The lowest BCUT2D eigenvalue weighted by Crippen LogP contribution is -2.42. The molecule has 0 saturated heterocycles. The van der Waals surface area contributed by atoms with E-state index in [4.69, 9.17) is 4.74 Å². The maximum atomic E-state index is 12.5. The van der Waals surface area contributed by atoms with Gasteiger partial charge in [0.2, 0.25) is 5.78 Å². The van der Waals surface area contributed by atoms with Gasteiger partial charge in [0.15, 0.2) is 5.75 Å². The van der Waals surface area contributed by atoms with Crippen molar-refractivity contribution in [1.82, 2.24) is 9.78 Å². The SMILES string of the molecule is COc1cnn(C)c1C(=O)C1(O)CCC(C)CC1. The first-order valence-electron chi connectivity index (χ1n) is 6.31. The van der Waals surface area contributed by atoms with Crippen LogP contribution in [0.5, 0.6) is 5.75 Å². The zero-order chi connectivity index (χ0) is 13.3. The van der Waals surface area contributed by atoms with Gasteiger partial charge in [-0.3, -0.25) is 9.48 Å². The average molecular weight is 252 g/mol. The summed E-state index contributed by atoms with van der Waals surface area (Å²) in [4.78, 5) is 12.5. The third-order valence-electron chi connectivity index (χ3n) is 3.86. The standard InChI is InChI=1S/C13H20N2O3/c1-9-4-6-13(17,7-5-9)12(16)11-10(18-3)8-14-15(11)2/h8-9,17H,4-7H2,1-3H3. The average Bonchev–Trinajstić information content (AvgIpc) is 2.73. The van der Waals surface area contributed by atoms with Gasteiger partial charge in [-0.15, -0.1) is 0 Å². The first-order chi connectivity index (χ1) is 8.48. The van der Waals surface area contributed by atoms with E-state index >= 15 is 0 Å². The van der Waals surface area contributed by atoms with E-state index in [1.807, 2.05) is 0 Å². The molecule has 0 radical (unpaired) electrons. The smallest absolute Gasteiger partial charge is 0.216 e. The third-order valence-corrected chi connectivity index (χ3v) is 3.86. The number of hydrogen-bond donors (Lipinski definition) is 1. The zero-order valence-electron chi connectivity index (χ0n) is 11.1. The molecule has 0 bridgehead atoms. The normalized spacial score (nSPS) is 28.1. The molecule has 0 amide bonds. The van der Waals surface area contributed by atoms with E-state index in [-0.39, 0.29) is 5.78 Å². The molecule has 0 unspecified atom stereocenters. The molecular formula is C13H20N2O3. The topological polar surface area (TPSA) is 64.4 Å². The van der Waals surface area contributed by atoms with E-state index in [1.54, 1.807) is 7.05 Å². The number of aromatic nitrogens is 2. The summed E-state index contributed by atoms with van der Waals surface area (Å²) in [6.45, 7) is 2.15. The van der Waals surface area contributed by atoms with Crippen LogP contribution in [0.3, 0.4) is 0 Å². The number of aliphatic hydroxyl groups is 1. The lowest BCUT2D eigenvalue weighted by molar-refractivity contribution is 0.00323. The Kier molecular flexibility index (Phi) is 3.43. The van der Waals surface area contributed by atoms with E-state index in [2.05, 4.69) is 12.0 Å². The van der Waals surface area contributed by atoms with Gasteiger partial charge in [0, 0.05) is 7.05 Å². The highest BCUT2D eigenvalue weighted by Gasteiger charge is 2.41. The Morgan fingerprint density at radius 1 is 1.56 bits per heavy atom. The van der Waals surface area contributed by atoms with Crippen molar-refractivity contribution in [3.05, 3.63) is 11.9 Å². The van der Waals surface area contributed by atoms with Crippen molar-refractivity contribution in [3.63, 3.8) is 0 Å². The predicted octanol–water partition coefficient (Wildman–Crippen LogP) is 1.55. The highest BCUT2D eigenvalue weighted by molar-refractivity contribution is 6.03. The van der Waals surface area contributed by atoms with E-state index < -0.39 is 5.60 Å². The van der Waals surface area contributed by atoms with Crippen LogP contribution in [0.2, 0.25) is 0 Å². The molecule has 100 valence electrons. The van der Waals surface area contributed by atoms with Crippen molar-refractivity contribution in [3.8, 4) is 5.75 Å². The van der Waals surface area contributed by atoms with Crippen molar-refractivity contribution in [2.75, 3.05) is 7.11 Å². The van der Waals surface area contributed by atoms with Crippen LogP contribution < -0.4 is 4.74 Å². The molecule has 0 spiro atoms. The molecule has 5 heteroatoms. The second-order valence-electron chi connectivity index (χ2n) is 5.23. The molecule has 1 aromatic rings. The molecule has 2 rings (SSSR count). The molecule has 1 aromatic heterocycles. The summed E-state index contributed by atoms with van der Waals surface area (Å²) < 4.78 is 6.60. The number of ether oxygens (including phenoxy) is 1. The molecule has 0 aromatic carbocycles. The predicted molar refractivity (Wildman–Crippen MR) is 66.7 cm³/mol. The molecule has 1 fully saturated rings. The Labute approximate surface area is 107 Å². The van der Waals surface area contributed by atoms with Crippen molar-refractivity contribution in [1.29, 1.82) is 0 Å². The van der Waals surface area contributed by atoms with E-state index in [0.29, 0.717) is 30.2 Å². The fourth-order valence-electron chi connectivity index (χ4n) is 2.51. The first-order valence-corrected chi connectivity index (χ1v) is 6.31. The number of carbonyl (C=O) groups is 1. The van der Waals surface area contributed by atoms with Gasteiger partial charge in [0.1, 0.15) is 11.3 Å². The van der Waals surface area contributed by atoms with Gasteiger partial charge in [-0.05, 0) is 31.6 Å². The molecule has 1 aliphatic carbocycles. The van der Waals surface area contributed by atoms with Crippen LogP contribution in [0.1, 0.15) is 43.1 Å². The molecule has 1 saturated carbocycles. The largest absolute Gasteiger partial charge is 0.493 e.